The minimum Gasteiger partial charge on any atom is -0.468 e. The Morgan fingerprint density at radius 2 is 2.08 bits per heavy atom. The van der Waals surface area contributed by atoms with E-state index >= 15 is 0 Å². The molecule has 0 saturated heterocycles. The summed E-state index contributed by atoms with van der Waals surface area (Å²) in [5.41, 5.74) is 0. The van der Waals surface area contributed by atoms with Crippen LogP contribution in [-0.2, 0) is 22.6 Å². The molecule has 2 heterocycles. The van der Waals surface area contributed by atoms with Gasteiger partial charge in [-0.05, 0) is 37.6 Å². The monoisotopic (exact) mass is 335 g/mol. The van der Waals surface area contributed by atoms with E-state index < -0.39 is 6.10 Å². The summed E-state index contributed by atoms with van der Waals surface area (Å²) in [5, 5.41) is 10.2. The van der Waals surface area contributed by atoms with E-state index in [0.29, 0.717) is 26.1 Å². The third-order valence-corrected chi connectivity index (χ3v) is 3.49. The molecular formula is C18H25NO5. The number of carbonyl (C=O) groups is 1. The van der Waals surface area contributed by atoms with Crippen molar-refractivity contribution in [2.75, 3.05) is 13.2 Å². The molecule has 0 radical (unpaired) electrons. The molecule has 0 amide bonds. The van der Waals surface area contributed by atoms with Crippen molar-refractivity contribution in [1.82, 2.24) is 4.90 Å². The van der Waals surface area contributed by atoms with Crippen molar-refractivity contribution >= 4 is 5.97 Å². The maximum Gasteiger partial charge on any atom is 0.305 e. The molecule has 0 aliphatic rings. The maximum absolute atomic E-state index is 11.4. The van der Waals surface area contributed by atoms with Crippen LogP contribution in [0.4, 0.5) is 0 Å². The Hall–Kier alpha value is -2.05. The van der Waals surface area contributed by atoms with E-state index in [1.165, 1.54) is 0 Å². The number of ether oxygens (including phenoxy) is 1. The molecule has 2 aromatic rings. The average Bonchev–Trinajstić information content (AvgIpc) is 3.17. The van der Waals surface area contributed by atoms with Crippen molar-refractivity contribution in [3.05, 3.63) is 47.8 Å². The van der Waals surface area contributed by atoms with Gasteiger partial charge in [-0.25, -0.2) is 0 Å². The van der Waals surface area contributed by atoms with Crippen LogP contribution in [0.1, 0.15) is 37.0 Å². The molecule has 0 saturated carbocycles. The van der Waals surface area contributed by atoms with Crippen LogP contribution in [0.2, 0.25) is 0 Å². The maximum atomic E-state index is 11.4. The van der Waals surface area contributed by atoms with E-state index in [2.05, 4.69) is 0 Å². The second kappa shape index (κ2) is 9.30. The van der Waals surface area contributed by atoms with Gasteiger partial charge >= 0.3 is 5.97 Å². The average molecular weight is 335 g/mol. The number of nitrogens with zero attached hydrogens (tertiary/aromatic N) is 1. The number of aliphatic hydroxyl groups excluding tert-OH is 1. The first-order chi connectivity index (χ1) is 11.6. The summed E-state index contributed by atoms with van der Waals surface area (Å²) in [4.78, 5) is 13.4. The van der Waals surface area contributed by atoms with Crippen LogP contribution in [0, 0.1) is 6.92 Å². The van der Waals surface area contributed by atoms with Crippen LogP contribution in [-0.4, -0.2) is 35.2 Å². The summed E-state index contributed by atoms with van der Waals surface area (Å²) in [6, 6.07) is 7.53. The first-order valence-electron chi connectivity index (χ1n) is 8.20. The second-order valence-electron chi connectivity index (χ2n) is 5.85. The number of hydrogen-bond acceptors (Lipinski definition) is 6. The molecule has 0 aromatic carbocycles. The molecule has 0 bridgehead atoms. The van der Waals surface area contributed by atoms with Gasteiger partial charge in [0.2, 0.25) is 0 Å². The van der Waals surface area contributed by atoms with Gasteiger partial charge in [-0.15, -0.1) is 0 Å². The lowest BCUT2D eigenvalue weighted by atomic mass is 10.3. The van der Waals surface area contributed by atoms with Gasteiger partial charge < -0.3 is 18.7 Å². The van der Waals surface area contributed by atoms with Crippen LogP contribution >= 0.6 is 0 Å². The van der Waals surface area contributed by atoms with Crippen LogP contribution in [0.15, 0.2) is 39.4 Å². The molecule has 1 N–H and O–H groups in total. The Morgan fingerprint density at radius 1 is 1.29 bits per heavy atom. The molecule has 0 aliphatic carbocycles. The van der Waals surface area contributed by atoms with E-state index in [1.54, 1.807) is 6.26 Å². The molecule has 6 nitrogen and oxygen atoms in total. The first-order valence-corrected chi connectivity index (χ1v) is 8.20. The fraction of sp³-hybridized carbons (Fsp3) is 0.500. The molecule has 2 rings (SSSR count). The molecule has 0 spiro atoms. The minimum atomic E-state index is -0.767. The Bertz CT molecular complexity index is 605. The van der Waals surface area contributed by atoms with E-state index in [9.17, 15) is 9.90 Å². The summed E-state index contributed by atoms with van der Waals surface area (Å²) in [5.74, 6) is 2.18. The molecule has 0 fully saturated rings. The van der Waals surface area contributed by atoms with E-state index in [-0.39, 0.29) is 12.6 Å². The van der Waals surface area contributed by atoms with Crippen molar-refractivity contribution in [2.24, 2.45) is 0 Å². The zero-order valence-electron chi connectivity index (χ0n) is 14.2. The summed E-state index contributed by atoms with van der Waals surface area (Å²) < 4.78 is 16.1. The van der Waals surface area contributed by atoms with E-state index in [0.717, 1.165) is 23.7 Å². The van der Waals surface area contributed by atoms with Crippen LogP contribution < -0.4 is 0 Å². The Kier molecular flexibility index (Phi) is 7.08. The first kappa shape index (κ1) is 18.3. The molecule has 132 valence electrons. The smallest absolute Gasteiger partial charge is 0.305 e. The quantitative estimate of drug-likeness (QED) is 0.673. The van der Waals surface area contributed by atoms with Crippen LogP contribution in [0.5, 0.6) is 0 Å². The predicted octanol–water partition coefficient (Wildman–Crippen LogP) is 2.89. The van der Waals surface area contributed by atoms with Crippen molar-refractivity contribution in [1.29, 1.82) is 0 Å². The third kappa shape index (κ3) is 6.22. The fourth-order valence-corrected chi connectivity index (χ4v) is 2.41. The Labute approximate surface area is 142 Å². The van der Waals surface area contributed by atoms with Gasteiger partial charge in [-0.2, -0.15) is 0 Å². The number of furan rings is 2. The highest BCUT2D eigenvalue weighted by Crippen LogP contribution is 2.13. The zero-order chi connectivity index (χ0) is 17.4. The lowest BCUT2D eigenvalue weighted by molar-refractivity contribution is -0.147. The number of rotatable bonds is 10. The van der Waals surface area contributed by atoms with Gasteiger partial charge in [0, 0.05) is 13.0 Å². The van der Waals surface area contributed by atoms with Gasteiger partial charge in [0.05, 0.1) is 19.4 Å². The van der Waals surface area contributed by atoms with Gasteiger partial charge in [0.15, 0.2) is 0 Å². The topological polar surface area (TPSA) is 76.1 Å². The fourth-order valence-electron chi connectivity index (χ4n) is 2.41. The summed E-state index contributed by atoms with van der Waals surface area (Å²) >= 11 is 0. The van der Waals surface area contributed by atoms with E-state index in [1.807, 2.05) is 43.0 Å². The lowest BCUT2D eigenvalue weighted by Gasteiger charge is -2.23. The normalized spacial score (nSPS) is 12.5. The molecule has 2 aromatic heterocycles. The van der Waals surface area contributed by atoms with Gasteiger partial charge in [0.25, 0.3) is 0 Å². The zero-order valence-corrected chi connectivity index (χ0v) is 14.2. The second-order valence-corrected chi connectivity index (χ2v) is 5.85. The predicted molar refractivity (Wildman–Crippen MR) is 88.1 cm³/mol. The summed E-state index contributed by atoms with van der Waals surface area (Å²) in [6.45, 7) is 5.21. The number of hydrogen-bond donors (Lipinski definition) is 1. The molecular weight excluding hydrogens is 310 g/mol. The Balaban J connectivity index is 1.90. The van der Waals surface area contributed by atoms with Crippen molar-refractivity contribution in [3.63, 3.8) is 0 Å². The van der Waals surface area contributed by atoms with Crippen LogP contribution in [0.3, 0.4) is 0 Å². The van der Waals surface area contributed by atoms with Gasteiger partial charge in [-0.1, -0.05) is 6.92 Å². The van der Waals surface area contributed by atoms with Crippen LogP contribution in [0.25, 0.3) is 0 Å². The summed E-state index contributed by atoms with van der Waals surface area (Å²) in [6.07, 6.45) is 1.95. The number of esters is 1. The summed E-state index contributed by atoms with van der Waals surface area (Å²) in [7, 11) is 0. The molecule has 1 unspecified atom stereocenters. The highest BCUT2D eigenvalue weighted by molar-refractivity contribution is 5.69. The number of aryl methyl sites for hydroxylation is 1. The molecule has 1 atom stereocenters. The molecule has 0 aliphatic heterocycles. The van der Waals surface area contributed by atoms with Gasteiger partial charge in [-0.3, -0.25) is 9.69 Å². The lowest BCUT2D eigenvalue weighted by Crippen LogP contribution is -2.34. The minimum absolute atomic E-state index is 0.00926. The van der Waals surface area contributed by atoms with Gasteiger partial charge in [0.1, 0.15) is 30.0 Å². The van der Waals surface area contributed by atoms with Crippen molar-refractivity contribution < 1.29 is 23.5 Å². The highest BCUT2D eigenvalue weighted by atomic mass is 16.5. The third-order valence-electron chi connectivity index (χ3n) is 3.49. The molecule has 6 heteroatoms. The molecule has 24 heavy (non-hydrogen) atoms. The highest BCUT2D eigenvalue weighted by Gasteiger charge is 2.17. The standard InChI is InChI=1S/C18H25NO5/c1-3-5-18(21)23-13-15(20)10-19(11-16-6-4-9-22-16)12-17-8-7-14(2)24-17/h4,6-9,15,20H,3,5,10-13H2,1-2H3. The number of carbonyl (C=O) groups excluding carboxylic acids is 1. The largest absolute Gasteiger partial charge is 0.468 e. The number of aliphatic hydroxyl groups is 1. The Morgan fingerprint density at radius 3 is 2.71 bits per heavy atom. The van der Waals surface area contributed by atoms with Crippen molar-refractivity contribution in [2.45, 2.75) is 45.9 Å². The van der Waals surface area contributed by atoms with Crippen molar-refractivity contribution in [3.8, 4) is 0 Å². The SMILES string of the molecule is CCCC(=O)OCC(O)CN(Cc1ccco1)Cc1ccc(C)o1. The van der Waals surface area contributed by atoms with E-state index in [4.69, 9.17) is 13.6 Å².